The molecule has 34 heavy (non-hydrogen) atoms. The van der Waals surface area contributed by atoms with Gasteiger partial charge in [-0.05, 0) is 34.7 Å². The van der Waals surface area contributed by atoms with Crippen LogP contribution in [-0.4, -0.2) is 41.8 Å². The molecule has 0 saturated heterocycles. The van der Waals surface area contributed by atoms with Gasteiger partial charge in [-0.2, -0.15) is 0 Å². The number of carboxylic acid groups (broad SMARTS) is 1. The minimum absolute atomic E-state index is 0.0930. The summed E-state index contributed by atoms with van der Waals surface area (Å²) in [5, 5.41) is 14.5. The Morgan fingerprint density at radius 1 is 0.853 bits per heavy atom. The standard InChI is InChI=1S/C27H26N2O5/c1-17(25(30)29-24(26(31)32)15-18-9-3-2-4-10-18)28-27(33)34-16-23-21-13-7-5-11-19(21)20-12-6-8-14-22(20)23/h2-14,17,23-24H,15-16H2,1H3,(H,28,33)(H,29,30)(H,31,32)/t17?,24-/m1/s1. The fourth-order valence-electron chi connectivity index (χ4n) is 4.23. The molecule has 1 aliphatic rings. The summed E-state index contributed by atoms with van der Waals surface area (Å²) in [7, 11) is 0. The third-order valence-electron chi connectivity index (χ3n) is 5.97. The van der Waals surface area contributed by atoms with Gasteiger partial charge >= 0.3 is 12.1 Å². The van der Waals surface area contributed by atoms with Gasteiger partial charge in [-0.1, -0.05) is 78.9 Å². The van der Waals surface area contributed by atoms with E-state index in [-0.39, 0.29) is 18.9 Å². The van der Waals surface area contributed by atoms with Crippen molar-refractivity contribution < 1.29 is 24.2 Å². The maximum absolute atomic E-state index is 12.5. The van der Waals surface area contributed by atoms with Gasteiger partial charge in [-0.15, -0.1) is 0 Å². The SMILES string of the molecule is CC(NC(=O)OCC1c2ccccc2-c2ccccc21)C(=O)N[C@H](Cc1ccccc1)C(=O)O. The monoisotopic (exact) mass is 458 g/mol. The molecule has 0 saturated carbocycles. The fourth-order valence-corrected chi connectivity index (χ4v) is 4.23. The van der Waals surface area contributed by atoms with Crippen molar-refractivity contribution in [2.24, 2.45) is 0 Å². The molecule has 0 radical (unpaired) electrons. The van der Waals surface area contributed by atoms with Crippen LogP contribution >= 0.6 is 0 Å². The first kappa shape index (κ1) is 23.0. The molecule has 0 spiro atoms. The van der Waals surface area contributed by atoms with E-state index in [4.69, 9.17) is 4.74 Å². The maximum Gasteiger partial charge on any atom is 0.407 e. The van der Waals surface area contributed by atoms with E-state index < -0.39 is 30.1 Å². The zero-order chi connectivity index (χ0) is 24.1. The summed E-state index contributed by atoms with van der Waals surface area (Å²) in [4.78, 5) is 36.6. The van der Waals surface area contributed by atoms with Crippen molar-refractivity contribution in [3.05, 3.63) is 95.6 Å². The normalized spacial score (nSPS) is 13.8. The summed E-state index contributed by atoms with van der Waals surface area (Å²) >= 11 is 0. The smallest absolute Gasteiger partial charge is 0.407 e. The van der Waals surface area contributed by atoms with E-state index in [0.717, 1.165) is 27.8 Å². The van der Waals surface area contributed by atoms with Gasteiger partial charge in [0.2, 0.25) is 5.91 Å². The second-order valence-corrected chi connectivity index (χ2v) is 8.28. The number of amides is 2. The number of carboxylic acids is 1. The van der Waals surface area contributed by atoms with Crippen LogP contribution in [0.1, 0.15) is 29.5 Å². The molecule has 3 aromatic rings. The molecule has 0 aliphatic heterocycles. The van der Waals surface area contributed by atoms with Crippen LogP contribution < -0.4 is 10.6 Å². The zero-order valence-corrected chi connectivity index (χ0v) is 18.7. The molecule has 0 heterocycles. The van der Waals surface area contributed by atoms with Crippen LogP contribution in [0, 0.1) is 0 Å². The van der Waals surface area contributed by atoms with Crippen LogP contribution in [0.3, 0.4) is 0 Å². The van der Waals surface area contributed by atoms with Crippen LogP contribution in [0.2, 0.25) is 0 Å². The molecule has 174 valence electrons. The molecule has 1 aliphatic carbocycles. The largest absolute Gasteiger partial charge is 0.480 e. The second kappa shape index (κ2) is 10.2. The summed E-state index contributed by atoms with van der Waals surface area (Å²) in [6, 6.07) is 23.0. The first-order chi connectivity index (χ1) is 16.4. The molecule has 2 atom stereocenters. The molecular formula is C27H26N2O5. The van der Waals surface area contributed by atoms with E-state index in [2.05, 4.69) is 22.8 Å². The molecule has 1 unspecified atom stereocenters. The lowest BCUT2D eigenvalue weighted by Crippen LogP contribution is -2.51. The Morgan fingerprint density at radius 2 is 1.41 bits per heavy atom. The summed E-state index contributed by atoms with van der Waals surface area (Å²) in [5.41, 5.74) is 5.21. The predicted molar refractivity (Wildman–Crippen MR) is 127 cm³/mol. The Labute approximate surface area is 197 Å². The van der Waals surface area contributed by atoms with Crippen LogP contribution in [0.15, 0.2) is 78.9 Å². The van der Waals surface area contributed by atoms with Crippen molar-refractivity contribution in [2.75, 3.05) is 6.61 Å². The van der Waals surface area contributed by atoms with Crippen LogP contribution in [0.25, 0.3) is 11.1 Å². The molecule has 7 heteroatoms. The Bertz CT molecular complexity index is 1150. The molecule has 0 fully saturated rings. The van der Waals surface area contributed by atoms with Gasteiger partial charge in [0.25, 0.3) is 0 Å². The molecule has 0 bridgehead atoms. The van der Waals surface area contributed by atoms with E-state index >= 15 is 0 Å². The average molecular weight is 459 g/mol. The molecule has 3 aromatic carbocycles. The average Bonchev–Trinajstić information content (AvgIpc) is 3.16. The molecule has 2 amide bonds. The molecular weight excluding hydrogens is 432 g/mol. The third-order valence-corrected chi connectivity index (χ3v) is 5.97. The quantitative estimate of drug-likeness (QED) is 0.477. The lowest BCUT2D eigenvalue weighted by Gasteiger charge is -2.19. The molecule has 7 nitrogen and oxygen atoms in total. The highest BCUT2D eigenvalue weighted by atomic mass is 16.5. The number of aliphatic carboxylic acids is 1. The molecule has 4 rings (SSSR count). The summed E-state index contributed by atoms with van der Waals surface area (Å²) < 4.78 is 5.46. The van der Waals surface area contributed by atoms with Crippen LogP contribution in [0.5, 0.6) is 0 Å². The first-order valence-corrected chi connectivity index (χ1v) is 11.1. The van der Waals surface area contributed by atoms with E-state index in [9.17, 15) is 19.5 Å². The van der Waals surface area contributed by atoms with Crippen molar-refractivity contribution in [3.8, 4) is 11.1 Å². The summed E-state index contributed by atoms with van der Waals surface area (Å²) in [5.74, 6) is -1.84. The van der Waals surface area contributed by atoms with Crippen LogP contribution in [0.4, 0.5) is 4.79 Å². The van der Waals surface area contributed by atoms with Gasteiger partial charge in [0.05, 0.1) is 0 Å². The van der Waals surface area contributed by atoms with Crippen molar-refractivity contribution in [2.45, 2.75) is 31.3 Å². The Hall–Kier alpha value is -4.13. The zero-order valence-electron chi connectivity index (χ0n) is 18.7. The lowest BCUT2D eigenvalue weighted by atomic mass is 9.98. The third kappa shape index (κ3) is 5.09. The fraction of sp³-hybridized carbons (Fsp3) is 0.222. The van der Waals surface area contributed by atoms with Gasteiger partial charge < -0.3 is 20.5 Å². The topological polar surface area (TPSA) is 105 Å². The van der Waals surface area contributed by atoms with Crippen molar-refractivity contribution in [1.29, 1.82) is 0 Å². The second-order valence-electron chi connectivity index (χ2n) is 8.28. The highest BCUT2D eigenvalue weighted by Gasteiger charge is 2.30. The van der Waals surface area contributed by atoms with Gasteiger partial charge in [0.15, 0.2) is 0 Å². The number of alkyl carbamates (subject to hydrolysis) is 1. The van der Waals surface area contributed by atoms with Gasteiger partial charge in [0.1, 0.15) is 18.7 Å². The lowest BCUT2D eigenvalue weighted by molar-refractivity contribution is -0.142. The van der Waals surface area contributed by atoms with Crippen molar-refractivity contribution in [1.82, 2.24) is 10.6 Å². The number of carbonyl (C=O) groups is 3. The van der Waals surface area contributed by atoms with Crippen molar-refractivity contribution in [3.63, 3.8) is 0 Å². The number of fused-ring (bicyclic) bond motifs is 3. The summed E-state index contributed by atoms with van der Waals surface area (Å²) in [6.07, 6.45) is -0.598. The molecule has 3 N–H and O–H groups in total. The number of rotatable bonds is 8. The van der Waals surface area contributed by atoms with E-state index in [1.807, 2.05) is 42.5 Å². The number of hydrogen-bond acceptors (Lipinski definition) is 4. The Balaban J connectivity index is 1.33. The number of ether oxygens (including phenoxy) is 1. The van der Waals surface area contributed by atoms with Crippen LogP contribution in [-0.2, 0) is 20.7 Å². The Kier molecular flexibility index (Phi) is 6.92. The maximum atomic E-state index is 12.5. The minimum Gasteiger partial charge on any atom is -0.480 e. The van der Waals surface area contributed by atoms with Gasteiger partial charge in [-0.25, -0.2) is 9.59 Å². The predicted octanol–water partition coefficient (Wildman–Crippen LogP) is 3.73. The summed E-state index contributed by atoms with van der Waals surface area (Å²) in [6.45, 7) is 1.61. The van der Waals surface area contributed by atoms with E-state index in [0.29, 0.717) is 0 Å². The highest BCUT2D eigenvalue weighted by Crippen LogP contribution is 2.44. The molecule has 0 aromatic heterocycles. The highest BCUT2D eigenvalue weighted by molar-refractivity contribution is 5.89. The van der Waals surface area contributed by atoms with Crippen molar-refractivity contribution >= 4 is 18.0 Å². The van der Waals surface area contributed by atoms with E-state index in [1.165, 1.54) is 6.92 Å². The number of nitrogens with one attached hydrogen (secondary N) is 2. The van der Waals surface area contributed by atoms with Gasteiger partial charge in [0, 0.05) is 12.3 Å². The number of benzene rings is 3. The first-order valence-electron chi connectivity index (χ1n) is 11.1. The minimum atomic E-state index is -1.15. The number of hydrogen-bond donors (Lipinski definition) is 3. The Morgan fingerprint density at radius 3 is 2.00 bits per heavy atom. The van der Waals surface area contributed by atoms with E-state index in [1.54, 1.807) is 24.3 Å². The van der Waals surface area contributed by atoms with Gasteiger partial charge in [-0.3, -0.25) is 4.79 Å². The number of carbonyl (C=O) groups excluding carboxylic acids is 2.